The summed E-state index contributed by atoms with van der Waals surface area (Å²) in [6.07, 6.45) is -0.129. The molecule has 12 heavy (non-hydrogen) atoms. The van der Waals surface area contributed by atoms with Crippen LogP contribution in [0.2, 0.25) is 0 Å². The van der Waals surface area contributed by atoms with Gasteiger partial charge >= 0.3 is 0 Å². The van der Waals surface area contributed by atoms with Gasteiger partial charge in [0.2, 0.25) is 0 Å². The average molecular weight is 197 g/mol. The lowest BCUT2D eigenvalue weighted by atomic mass is 10.5. The highest BCUT2D eigenvalue weighted by Crippen LogP contribution is 2.39. The van der Waals surface area contributed by atoms with Gasteiger partial charge < -0.3 is 19.0 Å². The molecule has 0 aromatic carbocycles. The van der Waals surface area contributed by atoms with E-state index in [4.69, 9.17) is 5.11 Å². The first kappa shape index (κ1) is 12.1. The number of hydrogen-bond donors (Lipinski definition) is 1. The second-order valence-electron chi connectivity index (χ2n) is 2.51. The van der Waals surface area contributed by atoms with Crippen LogP contribution in [0.5, 0.6) is 0 Å². The van der Waals surface area contributed by atoms with Crippen molar-refractivity contribution in [1.29, 1.82) is 0 Å². The average Bonchev–Trinajstić information content (AvgIpc) is 1.84. The molecule has 0 heterocycles. The highest BCUT2D eigenvalue weighted by molar-refractivity contribution is 7.45. The Morgan fingerprint density at radius 1 is 1.58 bits per heavy atom. The second-order valence-corrected chi connectivity index (χ2v) is 3.88. The third-order valence-corrected chi connectivity index (χ3v) is 2.07. The highest BCUT2D eigenvalue weighted by atomic mass is 31.2. The summed E-state index contributed by atoms with van der Waals surface area (Å²) >= 11 is 0. The predicted octanol–water partition coefficient (Wildman–Crippen LogP) is 0.279. The molecule has 6 heteroatoms. The van der Waals surface area contributed by atoms with Crippen LogP contribution in [0.25, 0.3) is 0 Å². The maximum absolute atomic E-state index is 10.8. The van der Waals surface area contributed by atoms with Gasteiger partial charge in [0.15, 0.2) is 0 Å². The molecule has 74 valence electrons. The number of phosphoric acid groups is 1. The minimum absolute atomic E-state index is 0.0377. The Bertz CT molecular complexity index is 158. The van der Waals surface area contributed by atoms with Crippen molar-refractivity contribution in [2.75, 3.05) is 13.2 Å². The van der Waals surface area contributed by atoms with E-state index in [-0.39, 0.29) is 19.6 Å². The van der Waals surface area contributed by atoms with Crippen molar-refractivity contribution in [3.8, 4) is 0 Å². The number of phosphoric ester groups is 1. The second kappa shape index (κ2) is 5.67. The SMILES string of the molecule is CC(C)OP(=O)([O-])OCCCO. The zero-order valence-electron chi connectivity index (χ0n) is 7.23. The maximum atomic E-state index is 10.8. The Morgan fingerprint density at radius 3 is 2.58 bits per heavy atom. The number of aliphatic hydroxyl groups is 1. The fraction of sp³-hybridized carbons (Fsp3) is 1.00. The molecule has 0 aromatic heterocycles. The molecule has 1 N–H and O–H groups in total. The first-order chi connectivity index (χ1) is 5.48. The largest absolute Gasteiger partial charge is 0.756 e. The van der Waals surface area contributed by atoms with Crippen LogP contribution in [-0.2, 0) is 13.6 Å². The normalized spacial score (nSPS) is 16.4. The van der Waals surface area contributed by atoms with E-state index in [0.717, 1.165) is 0 Å². The van der Waals surface area contributed by atoms with Crippen LogP contribution in [0.1, 0.15) is 20.3 Å². The molecule has 0 aliphatic rings. The van der Waals surface area contributed by atoms with Gasteiger partial charge in [0, 0.05) is 6.61 Å². The molecule has 5 nitrogen and oxygen atoms in total. The van der Waals surface area contributed by atoms with Crippen molar-refractivity contribution in [3.63, 3.8) is 0 Å². The lowest BCUT2D eigenvalue weighted by molar-refractivity contribution is -0.228. The van der Waals surface area contributed by atoms with E-state index in [1.807, 2.05) is 0 Å². The summed E-state index contributed by atoms with van der Waals surface area (Å²) in [5, 5.41) is 8.33. The summed E-state index contributed by atoms with van der Waals surface area (Å²) in [4.78, 5) is 10.8. The Morgan fingerprint density at radius 2 is 2.17 bits per heavy atom. The first-order valence-corrected chi connectivity index (χ1v) is 5.19. The standard InChI is InChI=1S/C6H15O5P/c1-6(2)11-12(8,9)10-5-3-4-7/h6-7H,3-5H2,1-2H3,(H,8,9)/p-1. The molecule has 0 radical (unpaired) electrons. The van der Waals surface area contributed by atoms with Crippen LogP contribution in [0.4, 0.5) is 0 Å². The van der Waals surface area contributed by atoms with Gasteiger partial charge in [0.25, 0.3) is 7.82 Å². The van der Waals surface area contributed by atoms with Crippen molar-refractivity contribution in [1.82, 2.24) is 0 Å². The number of aliphatic hydroxyl groups excluding tert-OH is 1. The van der Waals surface area contributed by atoms with Crippen LogP contribution in [0.3, 0.4) is 0 Å². The molecule has 0 amide bonds. The summed E-state index contributed by atoms with van der Waals surface area (Å²) in [6.45, 7) is 3.06. The van der Waals surface area contributed by atoms with Crippen LogP contribution < -0.4 is 4.89 Å². The maximum Gasteiger partial charge on any atom is 0.268 e. The van der Waals surface area contributed by atoms with Crippen LogP contribution in [-0.4, -0.2) is 24.4 Å². The third-order valence-electron chi connectivity index (χ3n) is 0.892. The molecule has 0 aliphatic heterocycles. The van der Waals surface area contributed by atoms with E-state index in [1.54, 1.807) is 13.8 Å². The molecule has 0 saturated carbocycles. The van der Waals surface area contributed by atoms with Gasteiger partial charge in [0.05, 0.1) is 12.7 Å². The van der Waals surface area contributed by atoms with Gasteiger partial charge in [0.1, 0.15) is 0 Å². The Kier molecular flexibility index (Phi) is 5.70. The van der Waals surface area contributed by atoms with E-state index in [0.29, 0.717) is 0 Å². The molecule has 0 spiro atoms. The molecule has 0 rings (SSSR count). The van der Waals surface area contributed by atoms with Crippen molar-refractivity contribution in [3.05, 3.63) is 0 Å². The smallest absolute Gasteiger partial charge is 0.268 e. The minimum Gasteiger partial charge on any atom is -0.756 e. The van der Waals surface area contributed by atoms with Crippen molar-refractivity contribution in [2.24, 2.45) is 0 Å². The zero-order chi connectivity index (χ0) is 9.61. The predicted molar refractivity (Wildman–Crippen MR) is 41.5 cm³/mol. The number of rotatable bonds is 6. The summed E-state index contributed by atoms with van der Waals surface area (Å²) in [6, 6.07) is 0. The van der Waals surface area contributed by atoms with Crippen molar-refractivity contribution in [2.45, 2.75) is 26.4 Å². The summed E-state index contributed by atoms with van der Waals surface area (Å²) in [7, 11) is -4.14. The van der Waals surface area contributed by atoms with Gasteiger partial charge in [-0.25, -0.2) is 0 Å². The summed E-state index contributed by atoms with van der Waals surface area (Å²) in [5.41, 5.74) is 0. The monoisotopic (exact) mass is 197 g/mol. The lowest BCUT2D eigenvalue weighted by Gasteiger charge is -2.24. The number of hydrogen-bond acceptors (Lipinski definition) is 5. The zero-order valence-corrected chi connectivity index (χ0v) is 8.12. The van der Waals surface area contributed by atoms with Gasteiger partial charge in [-0.3, -0.25) is 4.57 Å². The lowest BCUT2D eigenvalue weighted by Crippen LogP contribution is -2.13. The Hall–Kier alpha value is 0.0700. The van der Waals surface area contributed by atoms with E-state index in [9.17, 15) is 9.46 Å². The van der Waals surface area contributed by atoms with Crippen molar-refractivity contribution < 1.29 is 23.6 Å². The topological polar surface area (TPSA) is 78.8 Å². The molecule has 1 atom stereocenters. The van der Waals surface area contributed by atoms with E-state index in [1.165, 1.54) is 0 Å². The van der Waals surface area contributed by atoms with Crippen LogP contribution >= 0.6 is 7.82 Å². The quantitative estimate of drug-likeness (QED) is 0.488. The van der Waals surface area contributed by atoms with Crippen molar-refractivity contribution >= 4 is 7.82 Å². The summed E-state index contributed by atoms with van der Waals surface area (Å²) in [5.74, 6) is 0. The van der Waals surface area contributed by atoms with E-state index in [2.05, 4.69) is 9.05 Å². The van der Waals surface area contributed by atoms with Gasteiger partial charge in [-0.2, -0.15) is 0 Å². The van der Waals surface area contributed by atoms with Gasteiger partial charge in [-0.05, 0) is 20.3 Å². The first-order valence-electron chi connectivity index (χ1n) is 3.73. The minimum atomic E-state index is -4.14. The van der Waals surface area contributed by atoms with Crippen LogP contribution in [0.15, 0.2) is 0 Å². The molecule has 0 aliphatic carbocycles. The van der Waals surface area contributed by atoms with Gasteiger partial charge in [-0.1, -0.05) is 0 Å². The molecular weight excluding hydrogens is 183 g/mol. The molecule has 0 aromatic rings. The highest BCUT2D eigenvalue weighted by Gasteiger charge is 2.10. The fourth-order valence-corrected chi connectivity index (χ4v) is 1.46. The third kappa shape index (κ3) is 6.76. The molecular formula is C6H14O5P-. The fourth-order valence-electron chi connectivity index (χ4n) is 0.530. The Labute approximate surface area is 71.9 Å². The molecule has 1 unspecified atom stereocenters. The molecule has 0 saturated heterocycles. The van der Waals surface area contributed by atoms with Gasteiger partial charge in [-0.15, -0.1) is 0 Å². The van der Waals surface area contributed by atoms with Crippen LogP contribution in [0, 0.1) is 0 Å². The van der Waals surface area contributed by atoms with E-state index < -0.39 is 13.9 Å². The molecule has 0 bridgehead atoms. The Balaban J connectivity index is 3.64. The summed E-state index contributed by atoms with van der Waals surface area (Å²) < 4.78 is 19.7. The molecule has 0 fully saturated rings. The van der Waals surface area contributed by atoms with E-state index >= 15 is 0 Å².